The molecule has 3 aliphatic heterocycles. The summed E-state index contributed by atoms with van der Waals surface area (Å²) in [4.78, 5) is 0. The minimum absolute atomic E-state index is 0.236. The zero-order valence-corrected chi connectivity index (χ0v) is 14.5. The molecule has 5 nitrogen and oxygen atoms in total. The summed E-state index contributed by atoms with van der Waals surface area (Å²) < 4.78 is 23.0. The van der Waals surface area contributed by atoms with Crippen LogP contribution in [0.1, 0.15) is 22.7 Å². The monoisotopic (exact) mass is 389 g/mol. The van der Waals surface area contributed by atoms with Crippen molar-refractivity contribution < 1.29 is 18.9 Å². The van der Waals surface area contributed by atoms with E-state index in [4.69, 9.17) is 18.9 Å². The average Bonchev–Trinajstić information content (AvgIpc) is 3.24. The van der Waals surface area contributed by atoms with Crippen molar-refractivity contribution in [2.75, 3.05) is 20.1 Å². The molecule has 0 spiro atoms. The van der Waals surface area contributed by atoms with E-state index in [2.05, 4.69) is 39.4 Å². The highest BCUT2D eigenvalue weighted by Gasteiger charge is 2.27. The van der Waals surface area contributed by atoms with E-state index in [1.165, 1.54) is 16.7 Å². The van der Waals surface area contributed by atoms with Crippen LogP contribution < -0.4 is 24.3 Å². The Bertz CT molecular complexity index is 823. The fourth-order valence-electron chi connectivity index (χ4n) is 3.57. The highest BCUT2D eigenvalue weighted by Crippen LogP contribution is 2.43. The number of halogens is 1. The van der Waals surface area contributed by atoms with E-state index in [-0.39, 0.29) is 12.8 Å². The third-order valence-corrected chi connectivity index (χ3v) is 5.65. The van der Waals surface area contributed by atoms with Crippen LogP contribution in [0.25, 0.3) is 0 Å². The molecule has 3 aliphatic rings. The lowest BCUT2D eigenvalue weighted by atomic mass is 9.90. The highest BCUT2D eigenvalue weighted by molar-refractivity contribution is 9.10. The van der Waals surface area contributed by atoms with Crippen molar-refractivity contribution in [2.45, 2.75) is 18.9 Å². The Kier molecular flexibility index (Phi) is 3.35. The third kappa shape index (κ3) is 2.24. The largest absolute Gasteiger partial charge is 0.454 e. The summed E-state index contributed by atoms with van der Waals surface area (Å²) in [5.74, 6) is 3.30. The maximum absolute atomic E-state index is 5.56. The molecule has 6 heteroatoms. The predicted molar refractivity (Wildman–Crippen MR) is 91.0 cm³/mol. The van der Waals surface area contributed by atoms with Gasteiger partial charge in [0, 0.05) is 6.04 Å². The smallest absolute Gasteiger partial charge is 0.231 e. The van der Waals surface area contributed by atoms with Crippen molar-refractivity contribution >= 4 is 15.9 Å². The quantitative estimate of drug-likeness (QED) is 0.853. The first-order valence-electron chi connectivity index (χ1n) is 8.02. The maximum Gasteiger partial charge on any atom is 0.231 e. The van der Waals surface area contributed by atoms with E-state index in [1.54, 1.807) is 0 Å². The third-order valence-electron chi connectivity index (χ3n) is 4.78. The number of fused-ring (bicyclic) bond motifs is 3. The molecular formula is C18H16BrNO4. The number of hydrogen-bond acceptors (Lipinski definition) is 5. The summed E-state index contributed by atoms with van der Waals surface area (Å²) in [5.41, 5.74) is 3.82. The molecule has 0 aliphatic carbocycles. The van der Waals surface area contributed by atoms with E-state index in [9.17, 15) is 0 Å². The molecule has 0 bridgehead atoms. The minimum atomic E-state index is 0.236. The average molecular weight is 390 g/mol. The van der Waals surface area contributed by atoms with Crippen molar-refractivity contribution in [3.05, 3.63) is 45.4 Å². The maximum atomic E-state index is 5.56. The Hall–Kier alpha value is -1.92. The first-order valence-corrected chi connectivity index (χ1v) is 8.81. The van der Waals surface area contributed by atoms with Gasteiger partial charge in [0.2, 0.25) is 13.6 Å². The molecule has 0 saturated heterocycles. The number of benzene rings is 2. The summed E-state index contributed by atoms with van der Waals surface area (Å²) in [6.07, 6.45) is 1.87. The Morgan fingerprint density at radius 2 is 1.79 bits per heavy atom. The van der Waals surface area contributed by atoms with Gasteiger partial charge in [-0.25, -0.2) is 0 Å². The van der Waals surface area contributed by atoms with E-state index in [1.807, 2.05) is 6.07 Å². The first-order chi connectivity index (χ1) is 11.8. The van der Waals surface area contributed by atoms with E-state index >= 15 is 0 Å². The van der Waals surface area contributed by atoms with Gasteiger partial charge in [-0.15, -0.1) is 0 Å². The molecule has 1 atom stereocenters. The second kappa shape index (κ2) is 5.57. The normalized spacial score (nSPS) is 20.1. The van der Waals surface area contributed by atoms with Crippen molar-refractivity contribution in [3.8, 4) is 23.0 Å². The molecular weight excluding hydrogens is 374 g/mol. The van der Waals surface area contributed by atoms with Crippen LogP contribution in [0.5, 0.6) is 23.0 Å². The van der Waals surface area contributed by atoms with Gasteiger partial charge in [0.1, 0.15) is 0 Å². The van der Waals surface area contributed by atoms with E-state index in [0.29, 0.717) is 6.79 Å². The van der Waals surface area contributed by atoms with Gasteiger partial charge < -0.3 is 24.3 Å². The van der Waals surface area contributed by atoms with Crippen molar-refractivity contribution in [2.24, 2.45) is 0 Å². The number of hydrogen-bond donors (Lipinski definition) is 1. The van der Waals surface area contributed by atoms with Crippen LogP contribution in [0.3, 0.4) is 0 Å². The lowest BCUT2D eigenvalue weighted by molar-refractivity contribution is 0.173. The lowest BCUT2D eigenvalue weighted by Gasteiger charge is -2.28. The predicted octanol–water partition coefficient (Wildman–Crippen LogP) is 3.34. The van der Waals surface area contributed by atoms with Gasteiger partial charge in [0.25, 0.3) is 0 Å². The molecule has 0 radical (unpaired) electrons. The van der Waals surface area contributed by atoms with Crippen molar-refractivity contribution in [1.82, 2.24) is 5.32 Å². The number of rotatable bonds is 2. The van der Waals surface area contributed by atoms with Crippen molar-refractivity contribution in [3.63, 3.8) is 0 Å². The van der Waals surface area contributed by atoms with Gasteiger partial charge in [-0.2, -0.15) is 0 Å². The van der Waals surface area contributed by atoms with Gasteiger partial charge in [-0.05, 0) is 70.2 Å². The van der Waals surface area contributed by atoms with Gasteiger partial charge in [0.15, 0.2) is 23.0 Å². The topological polar surface area (TPSA) is 49.0 Å². The molecule has 24 heavy (non-hydrogen) atoms. The molecule has 0 amide bonds. The fourth-order valence-corrected chi connectivity index (χ4v) is 4.17. The molecule has 0 saturated carbocycles. The van der Waals surface area contributed by atoms with Crippen LogP contribution in [0.4, 0.5) is 0 Å². The second-order valence-corrected chi connectivity index (χ2v) is 6.93. The van der Waals surface area contributed by atoms with Gasteiger partial charge in [-0.3, -0.25) is 0 Å². The highest BCUT2D eigenvalue weighted by atomic mass is 79.9. The van der Waals surface area contributed by atoms with Gasteiger partial charge in [0.05, 0.1) is 4.47 Å². The Labute approximate surface area is 148 Å². The van der Waals surface area contributed by atoms with Gasteiger partial charge >= 0.3 is 0 Å². The second-order valence-electron chi connectivity index (χ2n) is 6.14. The standard InChI is InChI=1S/C18H16BrNO4/c19-17-11(1-2-14-18(17)24-9-21-14)5-13-12-7-16-15(22-8-23-16)6-10(12)3-4-20-13/h1-2,6-7,13,20H,3-5,8-9H2. The first kappa shape index (κ1) is 14.4. The molecule has 124 valence electrons. The van der Waals surface area contributed by atoms with Crippen LogP contribution in [0.2, 0.25) is 0 Å². The zero-order chi connectivity index (χ0) is 16.1. The molecule has 2 aromatic rings. The Morgan fingerprint density at radius 1 is 1.00 bits per heavy atom. The Balaban J connectivity index is 1.49. The molecule has 1 N–H and O–H groups in total. The fraction of sp³-hybridized carbons (Fsp3) is 0.333. The Morgan fingerprint density at radius 3 is 2.71 bits per heavy atom. The van der Waals surface area contributed by atoms with E-state index < -0.39 is 0 Å². The summed E-state index contributed by atoms with van der Waals surface area (Å²) in [6.45, 7) is 1.55. The van der Waals surface area contributed by atoms with E-state index in [0.717, 1.165) is 46.9 Å². The molecule has 3 heterocycles. The zero-order valence-electron chi connectivity index (χ0n) is 12.9. The van der Waals surface area contributed by atoms with Crippen LogP contribution in [-0.4, -0.2) is 20.1 Å². The van der Waals surface area contributed by atoms with Crippen LogP contribution in [0.15, 0.2) is 28.7 Å². The number of nitrogens with one attached hydrogen (secondary N) is 1. The van der Waals surface area contributed by atoms with Crippen LogP contribution in [0, 0.1) is 0 Å². The van der Waals surface area contributed by atoms with Crippen LogP contribution in [-0.2, 0) is 12.8 Å². The summed E-state index contributed by atoms with van der Waals surface area (Å²) in [5, 5.41) is 3.62. The molecule has 5 rings (SSSR count). The van der Waals surface area contributed by atoms with Gasteiger partial charge in [-0.1, -0.05) is 6.07 Å². The number of ether oxygens (including phenoxy) is 4. The summed E-state index contributed by atoms with van der Waals surface area (Å²) in [7, 11) is 0. The van der Waals surface area contributed by atoms with Crippen molar-refractivity contribution in [1.29, 1.82) is 0 Å². The molecule has 1 unspecified atom stereocenters. The lowest BCUT2D eigenvalue weighted by Crippen LogP contribution is -2.31. The minimum Gasteiger partial charge on any atom is -0.454 e. The molecule has 0 fully saturated rings. The molecule has 2 aromatic carbocycles. The van der Waals surface area contributed by atoms with Crippen LogP contribution >= 0.6 is 15.9 Å². The SMILES string of the molecule is Brc1c(CC2NCCc3cc4c(cc32)OCO4)ccc2c1OCO2. The summed E-state index contributed by atoms with van der Waals surface area (Å²) >= 11 is 3.67. The molecule has 0 aromatic heterocycles. The summed E-state index contributed by atoms with van der Waals surface area (Å²) in [6, 6.07) is 8.56.